The Kier molecular flexibility index (Phi) is 7.12. The molecule has 5 N–H and O–H groups in total. The largest absolute Gasteiger partial charge is 0.494 e. The van der Waals surface area contributed by atoms with E-state index < -0.39 is 5.91 Å². The van der Waals surface area contributed by atoms with Crippen LogP contribution in [0, 0.1) is 5.41 Å². The minimum Gasteiger partial charge on any atom is -0.494 e. The summed E-state index contributed by atoms with van der Waals surface area (Å²) in [6.45, 7) is 3.86. The first-order valence-electron chi connectivity index (χ1n) is 10.6. The number of carbonyl (C=O) groups excluding carboxylic acids is 1. The van der Waals surface area contributed by atoms with Crippen LogP contribution in [0.3, 0.4) is 0 Å². The van der Waals surface area contributed by atoms with Gasteiger partial charge in [-0.3, -0.25) is 10.0 Å². The molecule has 2 aliphatic carbocycles. The molecule has 0 aliphatic heterocycles. The van der Waals surface area contributed by atoms with E-state index in [1.165, 1.54) is 7.11 Å². The highest BCUT2D eigenvalue weighted by Crippen LogP contribution is 2.21. The molecule has 2 aliphatic rings. The van der Waals surface area contributed by atoms with Gasteiger partial charge in [0.2, 0.25) is 5.69 Å². The minimum atomic E-state index is -0.485. The van der Waals surface area contributed by atoms with Crippen molar-refractivity contribution in [1.82, 2.24) is 10.6 Å². The number of nitrogens with one attached hydrogen (secondary N) is 3. The number of aromatic nitrogens is 1. The van der Waals surface area contributed by atoms with Gasteiger partial charge in [0.1, 0.15) is 5.76 Å². The fraction of sp³-hybridized carbons (Fsp3) is 0.435. The van der Waals surface area contributed by atoms with Crippen LogP contribution in [0.4, 0.5) is 0 Å². The second-order valence-electron chi connectivity index (χ2n) is 8.21. The Morgan fingerprint density at radius 2 is 1.97 bits per heavy atom. The highest BCUT2D eigenvalue weighted by molar-refractivity contribution is 6.10. The van der Waals surface area contributed by atoms with Crippen LogP contribution in [0.25, 0.3) is 0 Å². The molecule has 1 heterocycles. The van der Waals surface area contributed by atoms with E-state index in [0.29, 0.717) is 22.7 Å². The Balaban J connectivity index is 1.79. The lowest BCUT2D eigenvalue weighted by Gasteiger charge is -2.26. The van der Waals surface area contributed by atoms with Crippen molar-refractivity contribution in [2.75, 3.05) is 7.11 Å². The maximum atomic E-state index is 12.9. The van der Waals surface area contributed by atoms with E-state index >= 15 is 0 Å². The number of carbonyl (C=O) groups is 1. The zero-order chi connectivity index (χ0) is 22.5. The predicted octanol–water partition coefficient (Wildman–Crippen LogP) is 2.29. The molecule has 1 saturated carbocycles. The van der Waals surface area contributed by atoms with Crippen LogP contribution < -0.4 is 15.4 Å². The molecule has 0 radical (unpaired) electrons. The molecule has 0 aromatic carbocycles. The molecule has 0 spiro atoms. The number of hydrogen-bond acceptors (Lipinski definition) is 6. The van der Waals surface area contributed by atoms with Crippen molar-refractivity contribution in [3.05, 3.63) is 65.0 Å². The number of rotatable bonds is 6. The number of methoxy groups -OCH3 is 1. The van der Waals surface area contributed by atoms with Crippen molar-refractivity contribution in [3.63, 3.8) is 0 Å². The zero-order valence-electron chi connectivity index (χ0n) is 18.2. The summed E-state index contributed by atoms with van der Waals surface area (Å²) in [5.41, 5.74) is 2.00. The molecule has 0 unspecified atom stereocenters. The summed E-state index contributed by atoms with van der Waals surface area (Å²) in [5.74, 6) is -0.0786. The third-order valence-electron chi connectivity index (χ3n) is 5.61. The van der Waals surface area contributed by atoms with Gasteiger partial charge in [-0.2, -0.15) is 0 Å². The van der Waals surface area contributed by atoms with E-state index in [0.717, 1.165) is 30.4 Å². The van der Waals surface area contributed by atoms with E-state index in [9.17, 15) is 15.1 Å². The summed E-state index contributed by atoms with van der Waals surface area (Å²) >= 11 is 0. The molecule has 1 fully saturated rings. The normalized spacial score (nSPS) is 22.7. The highest BCUT2D eigenvalue weighted by Gasteiger charge is 2.27. The maximum absolute atomic E-state index is 12.9. The molecule has 166 valence electrons. The summed E-state index contributed by atoms with van der Waals surface area (Å²) < 4.78 is 6.25. The Hall–Kier alpha value is -3.13. The molecule has 3 rings (SSSR count). The second-order valence-corrected chi connectivity index (χ2v) is 8.21. The molecule has 0 bridgehead atoms. The van der Waals surface area contributed by atoms with Gasteiger partial charge in [0.05, 0.1) is 24.6 Å². The van der Waals surface area contributed by atoms with Gasteiger partial charge in [-0.25, -0.2) is 0 Å². The summed E-state index contributed by atoms with van der Waals surface area (Å²) in [6.07, 6.45) is 8.03. The fourth-order valence-electron chi connectivity index (χ4n) is 3.75. The van der Waals surface area contributed by atoms with E-state index in [1.807, 2.05) is 13.8 Å². The summed E-state index contributed by atoms with van der Waals surface area (Å²) in [5, 5.41) is 34.5. The first-order valence-corrected chi connectivity index (χ1v) is 10.6. The monoisotopic (exact) mass is 427 g/mol. The van der Waals surface area contributed by atoms with Crippen LogP contribution in [-0.2, 0) is 4.74 Å². The van der Waals surface area contributed by atoms with Gasteiger partial charge >= 0.3 is 11.6 Å². The molecule has 0 saturated heterocycles. The van der Waals surface area contributed by atoms with Crippen LogP contribution >= 0.6 is 0 Å². The number of aliphatic hydroxyl groups is 1. The van der Waals surface area contributed by atoms with Crippen molar-refractivity contribution < 1.29 is 24.6 Å². The number of pyridine rings is 1. The van der Waals surface area contributed by atoms with Gasteiger partial charge in [0.25, 0.3) is 0 Å². The smallest absolute Gasteiger partial charge is 0.325 e. The first kappa shape index (κ1) is 22.6. The van der Waals surface area contributed by atoms with Crippen molar-refractivity contribution in [3.8, 4) is 0 Å². The molecule has 0 atom stereocenters. The van der Waals surface area contributed by atoms with Crippen molar-refractivity contribution in [2.45, 2.75) is 57.6 Å². The average Bonchev–Trinajstić information content (AvgIpc) is 2.74. The maximum Gasteiger partial charge on any atom is 0.325 e. The number of aliphatic hydroxyl groups excluding tert-OH is 1. The van der Waals surface area contributed by atoms with Crippen LogP contribution in [0.15, 0.2) is 53.6 Å². The van der Waals surface area contributed by atoms with Crippen LogP contribution in [-0.4, -0.2) is 41.2 Å². The average molecular weight is 428 g/mol. The molecule has 1 aromatic heterocycles. The molecule has 31 heavy (non-hydrogen) atoms. The fourth-order valence-corrected chi connectivity index (χ4v) is 3.75. The minimum absolute atomic E-state index is 0.0445. The van der Waals surface area contributed by atoms with Crippen molar-refractivity contribution >= 4 is 11.6 Å². The van der Waals surface area contributed by atoms with E-state index in [-0.39, 0.29) is 29.5 Å². The van der Waals surface area contributed by atoms with Gasteiger partial charge in [-0.15, -0.1) is 0 Å². The molecule has 8 nitrogen and oxygen atoms in total. The number of hydrogen-bond donors (Lipinski definition) is 5. The third-order valence-corrected chi connectivity index (χ3v) is 5.61. The van der Waals surface area contributed by atoms with Gasteiger partial charge in [-0.05, 0) is 37.8 Å². The Morgan fingerprint density at radius 1 is 1.26 bits per heavy atom. The van der Waals surface area contributed by atoms with Crippen LogP contribution in [0.1, 0.15) is 61.6 Å². The highest BCUT2D eigenvalue weighted by atomic mass is 16.5. The molecular formula is C23H31N4O4+. The summed E-state index contributed by atoms with van der Waals surface area (Å²) in [4.78, 5) is 12.9. The van der Waals surface area contributed by atoms with Crippen LogP contribution in [0.5, 0.6) is 0 Å². The second kappa shape index (κ2) is 9.78. The number of nitrogens with zero attached hydrogens (tertiary/aromatic N) is 1. The van der Waals surface area contributed by atoms with Gasteiger partial charge in [-0.1, -0.05) is 13.8 Å². The number of amides is 1. The topological polar surface area (TPSA) is 119 Å². The van der Waals surface area contributed by atoms with Crippen molar-refractivity contribution in [2.24, 2.45) is 0 Å². The Labute approximate surface area is 182 Å². The Morgan fingerprint density at radius 3 is 2.61 bits per heavy atom. The SMILES string of the molecule is COC1=CC(=N)/C(=C\N[C@H]2CC[C@H](O)CC2)C=C1NC(=O)c1cccc(C(C)C)[n+]1O. The Bertz CT molecular complexity index is 941. The molecule has 1 amide bonds. The van der Waals surface area contributed by atoms with Gasteiger partial charge in [0, 0.05) is 46.7 Å². The molecular weight excluding hydrogens is 396 g/mol. The van der Waals surface area contributed by atoms with E-state index in [1.54, 1.807) is 36.6 Å². The third kappa shape index (κ3) is 5.32. The lowest BCUT2D eigenvalue weighted by molar-refractivity contribution is -0.911. The summed E-state index contributed by atoms with van der Waals surface area (Å²) in [6, 6.07) is 5.28. The predicted molar refractivity (Wildman–Crippen MR) is 116 cm³/mol. The van der Waals surface area contributed by atoms with Gasteiger partial charge < -0.3 is 25.9 Å². The molecule has 8 heteroatoms. The van der Waals surface area contributed by atoms with Gasteiger partial charge in [0.15, 0.2) is 0 Å². The standard InChI is InChI=1S/C23H30N4O4/c1-14(2)20-5-4-6-21(27(20)30)23(29)26-19-11-15(18(24)12-22(19)31-3)13-25-16-7-9-17(28)10-8-16/h4-6,11-14,16-17,24,28-30H,7-10H2,1-3H3/p+1/t16-,17-. The van der Waals surface area contributed by atoms with Crippen molar-refractivity contribution in [1.29, 1.82) is 5.41 Å². The summed E-state index contributed by atoms with van der Waals surface area (Å²) in [7, 11) is 1.48. The number of ether oxygens (including phenoxy) is 1. The van der Waals surface area contributed by atoms with E-state index in [4.69, 9.17) is 10.1 Å². The van der Waals surface area contributed by atoms with Crippen LogP contribution in [0.2, 0.25) is 0 Å². The zero-order valence-corrected chi connectivity index (χ0v) is 18.2. The molecule has 1 aromatic rings. The lowest BCUT2D eigenvalue weighted by Crippen LogP contribution is -2.45. The number of allylic oxidation sites excluding steroid dienone is 3. The quantitative estimate of drug-likeness (QED) is 0.353. The lowest BCUT2D eigenvalue weighted by atomic mass is 9.93. The first-order chi connectivity index (χ1) is 14.8. The van der Waals surface area contributed by atoms with E-state index in [2.05, 4.69) is 10.6 Å².